The summed E-state index contributed by atoms with van der Waals surface area (Å²) in [5.41, 5.74) is 0.643. The van der Waals surface area contributed by atoms with Gasteiger partial charge in [-0.2, -0.15) is 0 Å². The fourth-order valence-electron chi connectivity index (χ4n) is 1.57. The summed E-state index contributed by atoms with van der Waals surface area (Å²) in [7, 11) is 0. The highest BCUT2D eigenvalue weighted by Gasteiger charge is 2.22. The largest absolute Gasteiger partial charge is 0.370 e. The van der Waals surface area contributed by atoms with Crippen molar-refractivity contribution in [2.45, 2.75) is 13.0 Å². The molecule has 1 aromatic heterocycles. The second-order valence-electron chi connectivity index (χ2n) is 3.81. The van der Waals surface area contributed by atoms with E-state index in [2.05, 4.69) is 10.3 Å². The molecule has 0 bridgehead atoms. The Labute approximate surface area is 111 Å². The summed E-state index contributed by atoms with van der Waals surface area (Å²) in [5, 5.41) is 13.5. The fraction of sp³-hybridized carbons (Fsp3) is 0.182. The lowest BCUT2D eigenvalue weighted by Crippen LogP contribution is -2.09. The van der Waals surface area contributed by atoms with Gasteiger partial charge in [0.25, 0.3) is 5.69 Å². The molecular weight excluding hydrogens is 276 g/mol. The van der Waals surface area contributed by atoms with E-state index >= 15 is 0 Å². The maximum Gasteiger partial charge on any atom is 0.298 e. The Kier molecular flexibility index (Phi) is 3.70. The molecule has 1 N–H and O–H groups in total. The first-order valence-electron chi connectivity index (χ1n) is 5.27. The number of thiazole rings is 1. The predicted molar refractivity (Wildman–Crippen MR) is 67.2 cm³/mol. The van der Waals surface area contributed by atoms with Crippen LogP contribution in [0.2, 0.25) is 0 Å². The number of anilines is 1. The van der Waals surface area contributed by atoms with E-state index in [0.29, 0.717) is 12.1 Å². The number of aromatic nitrogens is 1. The summed E-state index contributed by atoms with van der Waals surface area (Å²) in [6, 6.07) is 0.922. The first-order valence-corrected chi connectivity index (χ1v) is 6.15. The minimum Gasteiger partial charge on any atom is -0.370 e. The molecule has 8 heteroatoms. The Balaban J connectivity index is 2.36. The number of hydrogen-bond acceptors (Lipinski definition) is 5. The van der Waals surface area contributed by atoms with Crippen molar-refractivity contribution in [3.63, 3.8) is 0 Å². The number of benzene rings is 1. The van der Waals surface area contributed by atoms with Crippen LogP contribution in [-0.2, 0) is 0 Å². The molecule has 0 aliphatic carbocycles. The van der Waals surface area contributed by atoms with Gasteiger partial charge in [0.05, 0.1) is 22.5 Å². The van der Waals surface area contributed by atoms with Crippen LogP contribution in [0.25, 0.3) is 0 Å². The predicted octanol–water partition coefficient (Wildman–Crippen LogP) is 3.50. The van der Waals surface area contributed by atoms with Gasteiger partial charge in [-0.05, 0) is 6.92 Å². The molecule has 0 fully saturated rings. The summed E-state index contributed by atoms with van der Waals surface area (Å²) in [6.07, 6.45) is 1.58. The van der Waals surface area contributed by atoms with E-state index in [1.165, 1.54) is 11.3 Å². The molecular formula is C11H9F2N3O2S. The van der Waals surface area contributed by atoms with Gasteiger partial charge in [0.1, 0.15) is 11.5 Å². The van der Waals surface area contributed by atoms with Gasteiger partial charge in [-0.1, -0.05) is 0 Å². The maximum atomic E-state index is 13.7. The average Bonchev–Trinajstić information content (AvgIpc) is 2.85. The monoisotopic (exact) mass is 285 g/mol. The van der Waals surface area contributed by atoms with Gasteiger partial charge in [-0.3, -0.25) is 15.1 Å². The van der Waals surface area contributed by atoms with Gasteiger partial charge in [0.15, 0.2) is 5.82 Å². The SMILES string of the molecule is CC(Nc1c(F)cc(F)cc1[N+](=O)[O-])c1cncs1. The van der Waals surface area contributed by atoms with Crippen LogP contribution in [0.5, 0.6) is 0 Å². The molecule has 0 amide bonds. The molecule has 19 heavy (non-hydrogen) atoms. The van der Waals surface area contributed by atoms with Gasteiger partial charge < -0.3 is 5.32 Å². The lowest BCUT2D eigenvalue weighted by molar-refractivity contribution is -0.384. The molecule has 100 valence electrons. The van der Waals surface area contributed by atoms with E-state index in [1.807, 2.05) is 0 Å². The van der Waals surface area contributed by atoms with E-state index in [-0.39, 0.29) is 11.7 Å². The second-order valence-corrected chi connectivity index (χ2v) is 4.73. The minimum absolute atomic E-state index is 0.327. The summed E-state index contributed by atoms with van der Waals surface area (Å²) in [6.45, 7) is 1.71. The van der Waals surface area contributed by atoms with Crippen molar-refractivity contribution in [2.75, 3.05) is 5.32 Å². The molecule has 5 nitrogen and oxygen atoms in total. The zero-order chi connectivity index (χ0) is 14.0. The first kappa shape index (κ1) is 13.3. The van der Waals surface area contributed by atoms with Crippen LogP contribution < -0.4 is 5.32 Å². The first-order chi connectivity index (χ1) is 8.99. The van der Waals surface area contributed by atoms with Crippen molar-refractivity contribution in [1.82, 2.24) is 4.98 Å². The average molecular weight is 285 g/mol. The molecule has 1 aromatic carbocycles. The molecule has 2 rings (SSSR count). The van der Waals surface area contributed by atoms with Crippen molar-refractivity contribution >= 4 is 22.7 Å². The van der Waals surface area contributed by atoms with Crippen LogP contribution >= 0.6 is 11.3 Å². The zero-order valence-electron chi connectivity index (χ0n) is 9.76. The highest BCUT2D eigenvalue weighted by molar-refractivity contribution is 7.09. The van der Waals surface area contributed by atoms with Crippen molar-refractivity contribution in [3.8, 4) is 0 Å². The second kappa shape index (κ2) is 5.27. The Morgan fingerprint density at radius 3 is 2.79 bits per heavy atom. The summed E-state index contributed by atoms with van der Waals surface area (Å²) in [4.78, 5) is 14.7. The van der Waals surface area contributed by atoms with Crippen molar-refractivity contribution < 1.29 is 13.7 Å². The van der Waals surface area contributed by atoms with E-state index in [9.17, 15) is 18.9 Å². The normalized spacial score (nSPS) is 12.2. The Bertz CT molecular complexity index is 604. The van der Waals surface area contributed by atoms with Crippen LogP contribution in [0.1, 0.15) is 17.8 Å². The molecule has 1 heterocycles. The van der Waals surface area contributed by atoms with E-state index in [4.69, 9.17) is 0 Å². The van der Waals surface area contributed by atoms with Crippen molar-refractivity contribution in [2.24, 2.45) is 0 Å². The number of nitrogens with one attached hydrogen (secondary N) is 1. The molecule has 0 aliphatic rings. The molecule has 0 aliphatic heterocycles. The lowest BCUT2D eigenvalue weighted by Gasteiger charge is -2.14. The third kappa shape index (κ3) is 2.84. The van der Waals surface area contributed by atoms with E-state index in [1.54, 1.807) is 18.6 Å². The Hall–Kier alpha value is -2.09. The van der Waals surface area contributed by atoms with Crippen LogP contribution in [-0.4, -0.2) is 9.91 Å². The number of nitrogens with zero attached hydrogens (tertiary/aromatic N) is 2. The van der Waals surface area contributed by atoms with Gasteiger partial charge in [0, 0.05) is 17.1 Å². The molecule has 1 atom stereocenters. The van der Waals surface area contributed by atoms with Crippen molar-refractivity contribution in [1.29, 1.82) is 0 Å². The molecule has 1 unspecified atom stereocenters. The molecule has 2 aromatic rings. The number of halogens is 2. The fourth-order valence-corrected chi connectivity index (χ4v) is 2.20. The molecule has 0 spiro atoms. The third-order valence-corrected chi connectivity index (χ3v) is 3.43. The van der Waals surface area contributed by atoms with E-state index in [0.717, 1.165) is 4.88 Å². The topological polar surface area (TPSA) is 68.1 Å². The van der Waals surface area contributed by atoms with Gasteiger partial charge >= 0.3 is 0 Å². The maximum absolute atomic E-state index is 13.7. The smallest absolute Gasteiger partial charge is 0.298 e. The van der Waals surface area contributed by atoms with Crippen molar-refractivity contribution in [3.05, 3.63) is 50.5 Å². The number of nitro groups is 1. The van der Waals surface area contributed by atoms with Crippen LogP contribution in [0, 0.1) is 21.7 Å². The van der Waals surface area contributed by atoms with Crippen LogP contribution in [0.15, 0.2) is 23.8 Å². The summed E-state index contributed by atoms with van der Waals surface area (Å²) < 4.78 is 26.7. The molecule has 0 saturated carbocycles. The zero-order valence-corrected chi connectivity index (χ0v) is 10.6. The van der Waals surface area contributed by atoms with Crippen LogP contribution in [0.4, 0.5) is 20.2 Å². The quantitative estimate of drug-likeness (QED) is 0.689. The highest BCUT2D eigenvalue weighted by atomic mass is 32.1. The molecule has 0 radical (unpaired) electrons. The Morgan fingerprint density at radius 1 is 1.47 bits per heavy atom. The third-order valence-electron chi connectivity index (χ3n) is 2.47. The highest BCUT2D eigenvalue weighted by Crippen LogP contribution is 2.32. The number of rotatable bonds is 4. The Morgan fingerprint density at radius 2 is 2.21 bits per heavy atom. The van der Waals surface area contributed by atoms with Gasteiger partial charge in [0.2, 0.25) is 0 Å². The molecule has 0 saturated heterocycles. The minimum atomic E-state index is -0.997. The standard InChI is InChI=1S/C11H9F2N3O2S/c1-6(10-4-14-5-19-10)15-11-8(13)2-7(12)3-9(11)16(17)18/h2-6,15H,1H3. The van der Waals surface area contributed by atoms with Gasteiger partial charge in [-0.15, -0.1) is 11.3 Å². The van der Waals surface area contributed by atoms with E-state index < -0.39 is 22.2 Å². The summed E-state index contributed by atoms with van der Waals surface area (Å²) >= 11 is 1.33. The van der Waals surface area contributed by atoms with Gasteiger partial charge in [-0.25, -0.2) is 8.78 Å². The summed E-state index contributed by atoms with van der Waals surface area (Å²) in [5.74, 6) is -1.98. The van der Waals surface area contributed by atoms with Crippen LogP contribution in [0.3, 0.4) is 0 Å². The lowest BCUT2D eigenvalue weighted by atomic mass is 10.2. The number of hydrogen-bond donors (Lipinski definition) is 1. The number of nitro benzene ring substituents is 1.